The van der Waals surface area contributed by atoms with Gasteiger partial charge in [-0.25, -0.2) is 8.42 Å². The van der Waals surface area contributed by atoms with Gasteiger partial charge in [-0.15, -0.1) is 0 Å². The number of sulfonamides is 1. The molecule has 25 heavy (non-hydrogen) atoms. The molecule has 2 rings (SSSR count). The lowest BCUT2D eigenvalue weighted by Crippen LogP contribution is -2.37. The third kappa shape index (κ3) is 5.80. The van der Waals surface area contributed by atoms with Gasteiger partial charge in [0.05, 0.1) is 4.90 Å². The van der Waals surface area contributed by atoms with Gasteiger partial charge in [-0.3, -0.25) is 4.79 Å². The molecular weight excluding hydrogens is 338 g/mol. The number of nitrogens with zero attached hydrogens (tertiary/aromatic N) is 1. The number of rotatable bonds is 7. The Labute approximate surface area is 151 Å². The van der Waals surface area contributed by atoms with Crippen LogP contribution in [-0.4, -0.2) is 50.3 Å². The zero-order valence-electron chi connectivity index (χ0n) is 15.3. The molecular formula is C18H29N3O3S. The monoisotopic (exact) mass is 367 g/mol. The second-order valence-corrected chi connectivity index (χ2v) is 9.36. The van der Waals surface area contributed by atoms with Gasteiger partial charge in [-0.1, -0.05) is 0 Å². The maximum absolute atomic E-state index is 12.5. The van der Waals surface area contributed by atoms with Gasteiger partial charge in [0.15, 0.2) is 0 Å². The van der Waals surface area contributed by atoms with Crippen LogP contribution in [0.3, 0.4) is 0 Å². The fraction of sp³-hybridized carbons (Fsp3) is 0.611. The molecule has 1 amide bonds. The molecule has 0 bridgehead atoms. The molecule has 140 valence electrons. The second kappa shape index (κ2) is 8.29. The normalized spacial score (nSPS) is 16.1. The Hall–Kier alpha value is -1.44. The summed E-state index contributed by atoms with van der Waals surface area (Å²) in [6.45, 7) is 8.86. The van der Waals surface area contributed by atoms with Crippen LogP contribution >= 0.6 is 0 Å². The molecule has 1 heterocycles. The molecule has 2 N–H and O–H groups in total. The number of hydrogen-bond acceptors (Lipinski definition) is 4. The number of nitrogens with one attached hydrogen (secondary N) is 2. The summed E-state index contributed by atoms with van der Waals surface area (Å²) in [4.78, 5) is 12.4. The van der Waals surface area contributed by atoms with Crippen molar-refractivity contribution in [1.82, 2.24) is 14.9 Å². The van der Waals surface area contributed by atoms with Gasteiger partial charge >= 0.3 is 0 Å². The molecule has 1 aromatic carbocycles. The Morgan fingerprint density at radius 3 is 2.24 bits per heavy atom. The molecule has 1 aromatic rings. The quantitative estimate of drug-likeness (QED) is 0.723. The first kappa shape index (κ1) is 19.9. The van der Waals surface area contributed by atoms with Crippen molar-refractivity contribution in [2.75, 3.05) is 26.2 Å². The van der Waals surface area contributed by atoms with E-state index < -0.39 is 10.0 Å². The molecule has 1 fully saturated rings. The number of hydrogen-bond donors (Lipinski definition) is 2. The summed E-state index contributed by atoms with van der Waals surface area (Å²) >= 11 is 0. The minimum Gasteiger partial charge on any atom is -0.352 e. The van der Waals surface area contributed by atoms with Crippen LogP contribution in [0, 0.1) is 0 Å². The predicted molar refractivity (Wildman–Crippen MR) is 99.1 cm³/mol. The summed E-state index contributed by atoms with van der Waals surface area (Å²) in [5.74, 6) is -0.180. The second-order valence-electron chi connectivity index (χ2n) is 7.42. The van der Waals surface area contributed by atoms with E-state index in [9.17, 15) is 13.2 Å². The smallest absolute Gasteiger partial charge is 0.251 e. The van der Waals surface area contributed by atoms with E-state index >= 15 is 0 Å². The van der Waals surface area contributed by atoms with Crippen molar-refractivity contribution in [3.05, 3.63) is 29.8 Å². The lowest BCUT2D eigenvalue weighted by Gasteiger charge is -2.20. The molecule has 0 atom stereocenters. The third-order valence-corrected chi connectivity index (χ3v) is 6.03. The lowest BCUT2D eigenvalue weighted by atomic mass is 10.1. The minimum atomic E-state index is -3.43. The van der Waals surface area contributed by atoms with E-state index in [-0.39, 0.29) is 16.3 Å². The average molecular weight is 368 g/mol. The molecule has 0 spiro atoms. The van der Waals surface area contributed by atoms with Gasteiger partial charge in [0, 0.05) is 30.7 Å². The Kier molecular flexibility index (Phi) is 6.59. The van der Waals surface area contributed by atoms with Gasteiger partial charge in [-0.2, -0.15) is 4.31 Å². The Balaban J connectivity index is 1.86. The van der Waals surface area contributed by atoms with E-state index in [0.717, 1.165) is 25.8 Å². The Morgan fingerprint density at radius 1 is 1.08 bits per heavy atom. The molecule has 0 unspecified atom stereocenters. The SMILES string of the molecule is CC(C)(C)NCCCNC(=O)c1ccc(S(=O)(=O)N2CCCC2)cc1. The molecule has 1 saturated heterocycles. The van der Waals surface area contributed by atoms with E-state index in [1.165, 1.54) is 16.4 Å². The molecule has 0 radical (unpaired) electrons. The van der Waals surface area contributed by atoms with Crippen LogP contribution in [0.4, 0.5) is 0 Å². The summed E-state index contributed by atoms with van der Waals surface area (Å²) in [6.07, 6.45) is 2.65. The first-order valence-corrected chi connectivity index (χ1v) is 10.3. The fourth-order valence-corrected chi connectivity index (χ4v) is 4.23. The fourth-order valence-electron chi connectivity index (χ4n) is 2.71. The highest BCUT2D eigenvalue weighted by Crippen LogP contribution is 2.21. The number of benzene rings is 1. The summed E-state index contributed by atoms with van der Waals surface area (Å²) in [5, 5.41) is 6.22. The van der Waals surface area contributed by atoms with Crippen molar-refractivity contribution in [2.45, 2.75) is 50.5 Å². The maximum atomic E-state index is 12.5. The molecule has 0 saturated carbocycles. The van der Waals surface area contributed by atoms with E-state index in [1.54, 1.807) is 12.1 Å². The summed E-state index contributed by atoms with van der Waals surface area (Å²) in [7, 11) is -3.43. The number of amides is 1. The zero-order valence-corrected chi connectivity index (χ0v) is 16.2. The van der Waals surface area contributed by atoms with Crippen molar-refractivity contribution in [3.8, 4) is 0 Å². The molecule has 1 aliphatic rings. The lowest BCUT2D eigenvalue weighted by molar-refractivity contribution is 0.0953. The topological polar surface area (TPSA) is 78.5 Å². The van der Waals surface area contributed by atoms with Crippen LogP contribution in [0.2, 0.25) is 0 Å². The Morgan fingerprint density at radius 2 is 1.68 bits per heavy atom. The highest BCUT2D eigenvalue weighted by Gasteiger charge is 2.27. The van der Waals surface area contributed by atoms with Crippen molar-refractivity contribution >= 4 is 15.9 Å². The van der Waals surface area contributed by atoms with Crippen molar-refractivity contribution in [2.24, 2.45) is 0 Å². The van der Waals surface area contributed by atoms with Gasteiger partial charge in [0.1, 0.15) is 0 Å². The van der Waals surface area contributed by atoms with Gasteiger partial charge < -0.3 is 10.6 Å². The van der Waals surface area contributed by atoms with Crippen LogP contribution < -0.4 is 10.6 Å². The van der Waals surface area contributed by atoms with E-state index in [2.05, 4.69) is 31.4 Å². The van der Waals surface area contributed by atoms with E-state index in [4.69, 9.17) is 0 Å². The summed E-state index contributed by atoms with van der Waals surface area (Å²) < 4.78 is 26.4. The summed E-state index contributed by atoms with van der Waals surface area (Å²) in [5.41, 5.74) is 0.546. The standard InChI is InChI=1S/C18H29N3O3S/c1-18(2,3)20-12-6-11-19-17(22)15-7-9-16(10-8-15)25(23,24)21-13-4-5-14-21/h7-10,20H,4-6,11-14H2,1-3H3,(H,19,22). The van der Waals surface area contributed by atoms with Gasteiger partial charge in [-0.05, 0) is 70.8 Å². The molecule has 7 heteroatoms. The summed E-state index contributed by atoms with van der Waals surface area (Å²) in [6, 6.07) is 6.19. The molecule has 6 nitrogen and oxygen atoms in total. The van der Waals surface area contributed by atoms with Crippen molar-refractivity contribution < 1.29 is 13.2 Å². The third-order valence-electron chi connectivity index (χ3n) is 4.11. The predicted octanol–water partition coefficient (Wildman–Crippen LogP) is 1.98. The van der Waals surface area contributed by atoms with Crippen LogP contribution in [0.25, 0.3) is 0 Å². The zero-order chi connectivity index (χ0) is 18.5. The van der Waals surface area contributed by atoms with Crippen LogP contribution in [0.1, 0.15) is 50.4 Å². The van der Waals surface area contributed by atoms with Crippen LogP contribution in [0.15, 0.2) is 29.2 Å². The van der Waals surface area contributed by atoms with Gasteiger partial charge in [0.25, 0.3) is 5.91 Å². The average Bonchev–Trinajstić information content (AvgIpc) is 3.08. The van der Waals surface area contributed by atoms with E-state index in [1.807, 2.05) is 0 Å². The van der Waals surface area contributed by atoms with Crippen molar-refractivity contribution in [3.63, 3.8) is 0 Å². The molecule has 0 aromatic heterocycles. The Bertz CT molecular complexity index is 673. The minimum absolute atomic E-state index is 0.0701. The highest BCUT2D eigenvalue weighted by atomic mass is 32.2. The first-order valence-electron chi connectivity index (χ1n) is 8.84. The molecule has 0 aliphatic carbocycles. The maximum Gasteiger partial charge on any atom is 0.251 e. The number of carbonyl (C=O) groups is 1. The van der Waals surface area contributed by atoms with Crippen molar-refractivity contribution in [1.29, 1.82) is 0 Å². The first-order chi connectivity index (χ1) is 11.7. The number of carbonyl (C=O) groups excluding carboxylic acids is 1. The highest BCUT2D eigenvalue weighted by molar-refractivity contribution is 7.89. The van der Waals surface area contributed by atoms with Crippen LogP contribution in [-0.2, 0) is 10.0 Å². The van der Waals surface area contributed by atoms with Crippen LogP contribution in [0.5, 0.6) is 0 Å². The largest absolute Gasteiger partial charge is 0.352 e. The molecule has 1 aliphatic heterocycles. The van der Waals surface area contributed by atoms with E-state index in [0.29, 0.717) is 25.2 Å². The van der Waals surface area contributed by atoms with Gasteiger partial charge in [0.2, 0.25) is 10.0 Å².